The zero-order chi connectivity index (χ0) is 22.1. The average molecular weight is 420 g/mol. The first kappa shape index (κ1) is 21.6. The van der Waals surface area contributed by atoms with Gasteiger partial charge in [-0.2, -0.15) is 0 Å². The minimum atomic E-state index is -1.18. The van der Waals surface area contributed by atoms with Crippen molar-refractivity contribution in [3.63, 3.8) is 0 Å². The van der Waals surface area contributed by atoms with Crippen LogP contribution in [0, 0.1) is 25.5 Å². The molecule has 0 aliphatic rings. The Morgan fingerprint density at radius 3 is 2.60 bits per heavy atom. The summed E-state index contributed by atoms with van der Waals surface area (Å²) in [6, 6.07) is 5.25. The van der Waals surface area contributed by atoms with Gasteiger partial charge in [0, 0.05) is 12.7 Å². The number of alkyl halides is 1. The fraction of sp³-hybridized carbons (Fsp3) is 0.333. The summed E-state index contributed by atoms with van der Waals surface area (Å²) >= 11 is 0. The molecule has 6 nitrogen and oxygen atoms in total. The third-order valence-corrected chi connectivity index (χ3v) is 4.60. The predicted molar refractivity (Wildman–Crippen MR) is 106 cm³/mol. The van der Waals surface area contributed by atoms with Gasteiger partial charge in [0.15, 0.2) is 11.4 Å². The molecule has 1 aromatic carbocycles. The van der Waals surface area contributed by atoms with E-state index in [9.17, 15) is 18.0 Å². The Morgan fingerprint density at radius 1 is 1.30 bits per heavy atom. The summed E-state index contributed by atoms with van der Waals surface area (Å²) in [6.45, 7) is 3.74. The summed E-state index contributed by atoms with van der Waals surface area (Å²) in [6.07, 6.45) is 1.69. The molecule has 9 heteroatoms. The number of fused-ring (bicyclic) bond motifs is 1. The smallest absolute Gasteiger partial charge is 0.270 e. The molecule has 1 atom stereocenters. The summed E-state index contributed by atoms with van der Waals surface area (Å²) in [5.41, 5.74) is 6.08. The molecule has 0 bridgehead atoms. The van der Waals surface area contributed by atoms with Gasteiger partial charge >= 0.3 is 0 Å². The largest absolute Gasteiger partial charge is 0.485 e. The zero-order valence-electron chi connectivity index (χ0n) is 16.9. The van der Waals surface area contributed by atoms with Gasteiger partial charge in [-0.25, -0.2) is 18.2 Å². The summed E-state index contributed by atoms with van der Waals surface area (Å²) in [5, 5.41) is 2.62. The highest BCUT2D eigenvalue weighted by Crippen LogP contribution is 2.26. The highest BCUT2D eigenvalue weighted by molar-refractivity contribution is 5.95. The average Bonchev–Trinajstić information content (AvgIpc) is 3.01. The van der Waals surface area contributed by atoms with E-state index < -0.39 is 29.8 Å². The highest BCUT2D eigenvalue weighted by Gasteiger charge is 2.23. The van der Waals surface area contributed by atoms with Crippen molar-refractivity contribution in [2.45, 2.75) is 32.9 Å². The van der Waals surface area contributed by atoms with Gasteiger partial charge in [-0.1, -0.05) is 6.07 Å². The number of halogens is 3. The molecule has 3 N–H and O–H groups in total. The Morgan fingerprint density at radius 2 is 1.97 bits per heavy atom. The molecule has 0 aliphatic heterocycles. The number of imidazole rings is 1. The van der Waals surface area contributed by atoms with E-state index in [0.717, 1.165) is 17.7 Å². The Labute approximate surface area is 171 Å². The maximum atomic E-state index is 13.9. The number of amides is 1. The zero-order valence-corrected chi connectivity index (χ0v) is 16.9. The Bertz CT molecular complexity index is 1080. The quantitative estimate of drug-likeness (QED) is 0.615. The molecule has 0 saturated heterocycles. The minimum Gasteiger partial charge on any atom is -0.485 e. The summed E-state index contributed by atoms with van der Waals surface area (Å²) in [5.74, 6) is -1.62. The molecule has 0 unspecified atom stereocenters. The molecular formula is C21H23F3N4O2. The third-order valence-electron chi connectivity index (χ3n) is 4.60. The Kier molecular flexibility index (Phi) is 6.02. The van der Waals surface area contributed by atoms with Crippen LogP contribution < -0.4 is 15.8 Å². The second-order valence-electron chi connectivity index (χ2n) is 7.58. The van der Waals surface area contributed by atoms with Gasteiger partial charge in [-0.3, -0.25) is 9.20 Å². The van der Waals surface area contributed by atoms with E-state index in [1.54, 1.807) is 26.1 Å². The third kappa shape index (κ3) is 4.40. The fourth-order valence-electron chi connectivity index (χ4n) is 2.97. The van der Waals surface area contributed by atoms with Crippen molar-refractivity contribution in [1.29, 1.82) is 0 Å². The highest BCUT2D eigenvalue weighted by atomic mass is 19.1. The first-order valence-corrected chi connectivity index (χ1v) is 9.31. The van der Waals surface area contributed by atoms with E-state index in [1.165, 1.54) is 17.4 Å². The predicted octanol–water partition coefficient (Wildman–Crippen LogP) is 3.23. The fourth-order valence-corrected chi connectivity index (χ4v) is 2.97. The van der Waals surface area contributed by atoms with E-state index in [2.05, 4.69) is 10.3 Å². The first-order chi connectivity index (χ1) is 14.1. The lowest BCUT2D eigenvalue weighted by Crippen LogP contribution is -2.49. The molecule has 30 heavy (non-hydrogen) atoms. The van der Waals surface area contributed by atoms with Gasteiger partial charge in [0.25, 0.3) is 5.91 Å². The van der Waals surface area contributed by atoms with Gasteiger partial charge in [0.05, 0.1) is 16.8 Å². The number of benzene rings is 1. The van der Waals surface area contributed by atoms with Crippen LogP contribution in [-0.4, -0.2) is 34.1 Å². The van der Waals surface area contributed by atoms with Crippen LogP contribution in [0.15, 0.2) is 30.5 Å². The van der Waals surface area contributed by atoms with Crippen molar-refractivity contribution in [2.75, 3.05) is 13.2 Å². The van der Waals surface area contributed by atoms with Gasteiger partial charge < -0.3 is 15.8 Å². The number of nitrogens with two attached hydrogens (primary N) is 1. The Balaban J connectivity index is 1.93. The molecule has 2 heterocycles. The summed E-state index contributed by atoms with van der Waals surface area (Å²) in [4.78, 5) is 17.1. The number of carbonyl (C=O) groups excluding carboxylic acids is 1. The van der Waals surface area contributed by atoms with Crippen molar-refractivity contribution in [3.05, 3.63) is 64.6 Å². The van der Waals surface area contributed by atoms with Crippen LogP contribution in [0.5, 0.6) is 5.75 Å². The van der Waals surface area contributed by atoms with E-state index in [-0.39, 0.29) is 30.2 Å². The van der Waals surface area contributed by atoms with Crippen LogP contribution in [0.2, 0.25) is 0 Å². The SMILES string of the molecule is Cc1cc(OCc2c(F)cccc2F)c2nc(C)c(C(=O)NC[C@@](C)(N)CF)n2c1. The van der Waals surface area contributed by atoms with Crippen LogP contribution in [0.3, 0.4) is 0 Å². The van der Waals surface area contributed by atoms with Crippen molar-refractivity contribution in [3.8, 4) is 5.75 Å². The van der Waals surface area contributed by atoms with Crippen molar-refractivity contribution in [2.24, 2.45) is 5.73 Å². The number of hydrogen-bond acceptors (Lipinski definition) is 4. The monoisotopic (exact) mass is 420 g/mol. The molecule has 3 rings (SSSR count). The number of hydrogen-bond donors (Lipinski definition) is 2. The molecule has 2 aromatic heterocycles. The standard InChI is InChI=1S/C21H23F3N4O2/c1-12-7-17(30-9-14-15(23)5-4-6-16(14)24)19-27-13(2)18(28(19)8-12)20(29)26-11-21(3,25)10-22/h4-8H,9-11,25H2,1-3H3,(H,26,29)/t21-/m0/s1. The lowest BCUT2D eigenvalue weighted by molar-refractivity contribution is 0.0935. The van der Waals surface area contributed by atoms with Gasteiger partial charge in [0.1, 0.15) is 30.6 Å². The van der Waals surface area contributed by atoms with E-state index >= 15 is 0 Å². The summed E-state index contributed by atoms with van der Waals surface area (Å²) < 4.78 is 47.9. The van der Waals surface area contributed by atoms with Crippen molar-refractivity contribution in [1.82, 2.24) is 14.7 Å². The topological polar surface area (TPSA) is 81.6 Å². The van der Waals surface area contributed by atoms with Crippen LogP contribution in [0.4, 0.5) is 13.2 Å². The molecule has 0 spiro atoms. The number of carbonyl (C=O) groups is 1. The maximum Gasteiger partial charge on any atom is 0.270 e. The van der Waals surface area contributed by atoms with Crippen LogP contribution in [0.25, 0.3) is 5.65 Å². The second-order valence-corrected chi connectivity index (χ2v) is 7.58. The number of pyridine rings is 1. The number of rotatable bonds is 7. The van der Waals surface area contributed by atoms with Crippen molar-refractivity contribution < 1.29 is 22.7 Å². The van der Waals surface area contributed by atoms with Gasteiger partial charge in [-0.05, 0) is 44.5 Å². The Hall–Kier alpha value is -3.07. The lowest BCUT2D eigenvalue weighted by Gasteiger charge is -2.20. The second kappa shape index (κ2) is 8.35. The molecule has 0 saturated carbocycles. The van der Waals surface area contributed by atoms with E-state index in [4.69, 9.17) is 10.5 Å². The van der Waals surface area contributed by atoms with E-state index in [0.29, 0.717) is 11.3 Å². The molecule has 3 aromatic rings. The lowest BCUT2D eigenvalue weighted by atomic mass is 10.1. The number of nitrogens with zero attached hydrogens (tertiary/aromatic N) is 2. The van der Waals surface area contributed by atoms with E-state index in [1.807, 2.05) is 0 Å². The summed E-state index contributed by atoms with van der Waals surface area (Å²) in [7, 11) is 0. The normalized spacial score (nSPS) is 13.3. The molecule has 0 radical (unpaired) electrons. The molecular weight excluding hydrogens is 397 g/mol. The maximum absolute atomic E-state index is 13.9. The molecule has 1 amide bonds. The number of nitrogens with one attached hydrogen (secondary N) is 1. The van der Waals surface area contributed by atoms with Crippen molar-refractivity contribution >= 4 is 11.6 Å². The van der Waals surface area contributed by atoms with Crippen LogP contribution in [-0.2, 0) is 6.61 Å². The van der Waals surface area contributed by atoms with Gasteiger partial charge in [-0.15, -0.1) is 0 Å². The number of ether oxygens (including phenoxy) is 1. The molecule has 0 aliphatic carbocycles. The molecule has 160 valence electrons. The number of aromatic nitrogens is 2. The number of aryl methyl sites for hydroxylation is 2. The first-order valence-electron chi connectivity index (χ1n) is 9.31. The van der Waals surface area contributed by atoms with Gasteiger partial charge in [0.2, 0.25) is 0 Å². The van der Waals surface area contributed by atoms with Crippen LogP contribution in [0.1, 0.15) is 34.2 Å². The van der Waals surface area contributed by atoms with Crippen LogP contribution >= 0.6 is 0 Å². The minimum absolute atomic E-state index is 0.0588. The molecule has 0 fully saturated rings.